The molecule has 0 spiro atoms. The first-order chi connectivity index (χ1) is 10.2. The zero-order valence-electron chi connectivity index (χ0n) is 12.8. The number of hydrogen-bond donors (Lipinski definition) is 1. The second kappa shape index (κ2) is 6.34. The van der Waals surface area contributed by atoms with E-state index < -0.39 is 0 Å². The molecule has 5 heteroatoms. The monoisotopic (exact) mass is 293 g/mol. The molecule has 0 aromatic heterocycles. The Bertz CT molecular complexity index is 400. The lowest BCUT2D eigenvalue weighted by molar-refractivity contribution is -0.143. The molecule has 3 aliphatic rings. The molecule has 2 aliphatic carbocycles. The third kappa shape index (κ3) is 3.39. The zero-order valence-corrected chi connectivity index (χ0v) is 12.8. The number of hydrogen-bond acceptors (Lipinski definition) is 3. The Morgan fingerprint density at radius 2 is 1.33 bits per heavy atom. The molecular formula is C16H27N3O2. The molecule has 118 valence electrons. The number of rotatable bonds is 2. The SMILES string of the molecule is NC1CCCCCC1C(=O)N1CCN(C(=O)C2CC2)CC1. The second-order valence-electron chi connectivity index (χ2n) is 6.83. The summed E-state index contributed by atoms with van der Waals surface area (Å²) in [6, 6.07) is 0.0196. The van der Waals surface area contributed by atoms with Gasteiger partial charge in [-0.3, -0.25) is 9.59 Å². The van der Waals surface area contributed by atoms with Crippen LogP contribution in [0.1, 0.15) is 44.9 Å². The smallest absolute Gasteiger partial charge is 0.227 e. The van der Waals surface area contributed by atoms with E-state index in [2.05, 4.69) is 0 Å². The van der Waals surface area contributed by atoms with Crippen molar-refractivity contribution in [3.63, 3.8) is 0 Å². The maximum absolute atomic E-state index is 12.7. The number of nitrogens with two attached hydrogens (primary N) is 1. The number of amides is 2. The maximum atomic E-state index is 12.7. The molecule has 2 amide bonds. The van der Waals surface area contributed by atoms with E-state index in [1.165, 1.54) is 6.42 Å². The van der Waals surface area contributed by atoms with Gasteiger partial charge in [0.15, 0.2) is 0 Å². The summed E-state index contributed by atoms with van der Waals surface area (Å²) in [7, 11) is 0. The minimum Gasteiger partial charge on any atom is -0.339 e. The number of carbonyl (C=O) groups is 2. The van der Waals surface area contributed by atoms with E-state index in [0.29, 0.717) is 32.1 Å². The summed E-state index contributed by atoms with van der Waals surface area (Å²) < 4.78 is 0. The highest BCUT2D eigenvalue weighted by atomic mass is 16.2. The number of nitrogens with zero attached hydrogens (tertiary/aromatic N) is 2. The largest absolute Gasteiger partial charge is 0.339 e. The molecular weight excluding hydrogens is 266 g/mol. The Balaban J connectivity index is 1.53. The molecule has 0 aromatic carbocycles. The molecule has 2 saturated carbocycles. The predicted octanol–water partition coefficient (Wildman–Crippen LogP) is 0.975. The van der Waals surface area contributed by atoms with Gasteiger partial charge in [-0.05, 0) is 25.7 Å². The van der Waals surface area contributed by atoms with Crippen molar-refractivity contribution in [2.45, 2.75) is 51.0 Å². The van der Waals surface area contributed by atoms with Crippen molar-refractivity contribution in [1.29, 1.82) is 0 Å². The van der Waals surface area contributed by atoms with Crippen LogP contribution in [-0.2, 0) is 9.59 Å². The van der Waals surface area contributed by atoms with Crippen molar-refractivity contribution in [2.24, 2.45) is 17.6 Å². The zero-order chi connectivity index (χ0) is 14.8. The molecule has 0 bridgehead atoms. The highest BCUT2D eigenvalue weighted by Gasteiger charge is 2.36. The molecule has 0 radical (unpaired) electrons. The molecule has 3 rings (SSSR count). The van der Waals surface area contributed by atoms with Gasteiger partial charge in [-0.25, -0.2) is 0 Å². The van der Waals surface area contributed by atoms with Gasteiger partial charge >= 0.3 is 0 Å². The van der Waals surface area contributed by atoms with Gasteiger partial charge in [0.25, 0.3) is 0 Å². The highest BCUT2D eigenvalue weighted by Crippen LogP contribution is 2.31. The average molecular weight is 293 g/mol. The summed E-state index contributed by atoms with van der Waals surface area (Å²) in [5.74, 6) is 0.803. The van der Waals surface area contributed by atoms with Crippen molar-refractivity contribution < 1.29 is 9.59 Å². The maximum Gasteiger partial charge on any atom is 0.227 e. The molecule has 2 atom stereocenters. The molecule has 3 fully saturated rings. The molecule has 21 heavy (non-hydrogen) atoms. The molecule has 0 aromatic rings. The van der Waals surface area contributed by atoms with Gasteiger partial charge in [-0.15, -0.1) is 0 Å². The van der Waals surface area contributed by atoms with Crippen LogP contribution < -0.4 is 5.73 Å². The van der Waals surface area contributed by atoms with Gasteiger partial charge in [-0.2, -0.15) is 0 Å². The van der Waals surface area contributed by atoms with Crippen molar-refractivity contribution in [3.8, 4) is 0 Å². The van der Waals surface area contributed by atoms with Crippen LogP contribution in [0.4, 0.5) is 0 Å². The van der Waals surface area contributed by atoms with Crippen LogP contribution in [0.15, 0.2) is 0 Å². The van der Waals surface area contributed by atoms with E-state index in [-0.39, 0.29) is 23.8 Å². The van der Waals surface area contributed by atoms with E-state index in [1.807, 2.05) is 9.80 Å². The van der Waals surface area contributed by atoms with Gasteiger partial charge in [0.05, 0.1) is 5.92 Å². The normalized spacial score (nSPS) is 30.9. The van der Waals surface area contributed by atoms with Crippen molar-refractivity contribution in [2.75, 3.05) is 26.2 Å². The third-order valence-electron chi connectivity index (χ3n) is 5.22. The van der Waals surface area contributed by atoms with Gasteiger partial charge in [0, 0.05) is 38.1 Å². The third-order valence-corrected chi connectivity index (χ3v) is 5.22. The summed E-state index contributed by atoms with van der Waals surface area (Å²) in [5.41, 5.74) is 6.20. The van der Waals surface area contributed by atoms with Crippen molar-refractivity contribution in [1.82, 2.24) is 9.80 Å². The average Bonchev–Trinajstić information content (AvgIpc) is 3.34. The van der Waals surface area contributed by atoms with Gasteiger partial charge < -0.3 is 15.5 Å². The van der Waals surface area contributed by atoms with Crippen molar-refractivity contribution in [3.05, 3.63) is 0 Å². The Labute approximate surface area is 126 Å². The molecule has 1 heterocycles. The second-order valence-corrected chi connectivity index (χ2v) is 6.83. The predicted molar refractivity (Wildman–Crippen MR) is 80.4 cm³/mol. The fraction of sp³-hybridized carbons (Fsp3) is 0.875. The van der Waals surface area contributed by atoms with Gasteiger partial charge in [-0.1, -0.05) is 19.3 Å². The molecule has 5 nitrogen and oxygen atoms in total. The molecule has 2 unspecified atom stereocenters. The van der Waals surface area contributed by atoms with E-state index in [9.17, 15) is 9.59 Å². The quantitative estimate of drug-likeness (QED) is 0.772. The van der Waals surface area contributed by atoms with Crippen LogP contribution in [0.25, 0.3) is 0 Å². The van der Waals surface area contributed by atoms with Gasteiger partial charge in [0.2, 0.25) is 11.8 Å². The van der Waals surface area contributed by atoms with Crippen LogP contribution in [0.2, 0.25) is 0 Å². The summed E-state index contributed by atoms with van der Waals surface area (Å²) in [4.78, 5) is 28.6. The fourth-order valence-corrected chi connectivity index (χ4v) is 3.61. The minimum atomic E-state index is -0.00168. The molecule has 1 aliphatic heterocycles. The minimum absolute atomic E-state index is 0.00168. The van der Waals surface area contributed by atoms with E-state index in [1.54, 1.807) is 0 Å². The first-order valence-corrected chi connectivity index (χ1v) is 8.50. The van der Waals surface area contributed by atoms with Crippen LogP contribution >= 0.6 is 0 Å². The summed E-state index contributed by atoms with van der Waals surface area (Å²) in [6.07, 6.45) is 7.46. The Morgan fingerprint density at radius 1 is 0.762 bits per heavy atom. The highest BCUT2D eigenvalue weighted by molar-refractivity contribution is 5.82. The summed E-state index contributed by atoms with van der Waals surface area (Å²) in [6.45, 7) is 2.76. The van der Waals surface area contributed by atoms with Crippen molar-refractivity contribution >= 4 is 11.8 Å². The van der Waals surface area contributed by atoms with Crippen LogP contribution in [0.3, 0.4) is 0 Å². The fourth-order valence-electron chi connectivity index (χ4n) is 3.61. The Morgan fingerprint density at radius 3 is 1.95 bits per heavy atom. The Hall–Kier alpha value is -1.10. The molecule has 2 N–H and O–H groups in total. The number of carbonyl (C=O) groups excluding carboxylic acids is 2. The summed E-state index contributed by atoms with van der Waals surface area (Å²) >= 11 is 0. The lowest BCUT2D eigenvalue weighted by Crippen LogP contribution is -2.54. The van der Waals surface area contributed by atoms with Crippen LogP contribution in [0.5, 0.6) is 0 Å². The number of piperazine rings is 1. The summed E-state index contributed by atoms with van der Waals surface area (Å²) in [5, 5.41) is 0. The first-order valence-electron chi connectivity index (χ1n) is 8.50. The van der Waals surface area contributed by atoms with Crippen LogP contribution in [0, 0.1) is 11.8 Å². The standard InChI is InChI=1S/C16H27N3O2/c17-14-5-3-1-2-4-13(14)16(21)19-10-8-18(9-11-19)15(20)12-6-7-12/h12-14H,1-11,17H2. The van der Waals surface area contributed by atoms with E-state index >= 15 is 0 Å². The lowest BCUT2D eigenvalue weighted by Gasteiger charge is -2.37. The lowest BCUT2D eigenvalue weighted by atomic mass is 9.93. The molecule has 1 saturated heterocycles. The van der Waals surface area contributed by atoms with Crippen LogP contribution in [-0.4, -0.2) is 53.8 Å². The van der Waals surface area contributed by atoms with E-state index in [0.717, 1.165) is 38.5 Å². The van der Waals surface area contributed by atoms with Gasteiger partial charge in [0.1, 0.15) is 0 Å². The first kappa shape index (κ1) is 14.8. The Kier molecular flexibility index (Phi) is 4.48. The van der Waals surface area contributed by atoms with E-state index in [4.69, 9.17) is 5.73 Å². The topological polar surface area (TPSA) is 66.6 Å².